The second kappa shape index (κ2) is 3.41. The molecule has 1 fully saturated rings. The molecule has 2 aliphatic rings. The van der Waals surface area contributed by atoms with Gasteiger partial charge < -0.3 is 5.32 Å². The Morgan fingerprint density at radius 1 is 1.43 bits per heavy atom. The highest BCUT2D eigenvalue weighted by atomic mass is 32.2. The molecule has 2 heterocycles. The third-order valence-electron chi connectivity index (χ3n) is 2.54. The summed E-state index contributed by atoms with van der Waals surface area (Å²) in [5.74, 6) is 0.519. The Kier molecular flexibility index (Phi) is 2.51. The summed E-state index contributed by atoms with van der Waals surface area (Å²) in [4.78, 5) is 4.41. The standard InChI is InChI=1S/C8H14N2O2S2/c1-5-6(2)13-8(9-5)10-7-3-14(11,12)4-7/h5-7H,3-4H2,1-2H3,(H,9,10). The van der Waals surface area contributed by atoms with Crippen LogP contribution in [-0.2, 0) is 9.84 Å². The van der Waals surface area contributed by atoms with Crippen molar-refractivity contribution in [3.05, 3.63) is 0 Å². The Morgan fingerprint density at radius 2 is 2.07 bits per heavy atom. The van der Waals surface area contributed by atoms with Gasteiger partial charge in [0.25, 0.3) is 0 Å². The quantitative estimate of drug-likeness (QED) is 0.707. The van der Waals surface area contributed by atoms with Gasteiger partial charge in [-0.3, -0.25) is 4.99 Å². The highest BCUT2D eigenvalue weighted by Crippen LogP contribution is 2.25. The average molecular weight is 234 g/mol. The number of amidine groups is 1. The van der Waals surface area contributed by atoms with Crippen molar-refractivity contribution >= 4 is 26.8 Å². The molecule has 0 aromatic carbocycles. The lowest BCUT2D eigenvalue weighted by atomic mass is 10.3. The summed E-state index contributed by atoms with van der Waals surface area (Å²) in [5.41, 5.74) is 0. The minimum Gasteiger partial charge on any atom is -0.360 e. The van der Waals surface area contributed by atoms with Crippen molar-refractivity contribution < 1.29 is 8.42 Å². The highest BCUT2D eigenvalue weighted by Gasteiger charge is 2.35. The molecule has 2 atom stereocenters. The van der Waals surface area contributed by atoms with Crippen molar-refractivity contribution in [2.45, 2.75) is 31.2 Å². The average Bonchev–Trinajstić information content (AvgIpc) is 2.27. The first-order valence-corrected chi connectivity index (χ1v) is 7.38. The van der Waals surface area contributed by atoms with Gasteiger partial charge in [0.2, 0.25) is 0 Å². The van der Waals surface area contributed by atoms with Crippen LogP contribution in [0.1, 0.15) is 13.8 Å². The Labute approximate surface area is 88.5 Å². The van der Waals surface area contributed by atoms with Crippen molar-refractivity contribution in [1.82, 2.24) is 5.32 Å². The number of rotatable bonds is 1. The van der Waals surface area contributed by atoms with E-state index in [0.717, 1.165) is 5.17 Å². The van der Waals surface area contributed by atoms with E-state index in [1.165, 1.54) is 0 Å². The van der Waals surface area contributed by atoms with E-state index in [2.05, 4.69) is 24.2 Å². The molecule has 2 aliphatic heterocycles. The van der Waals surface area contributed by atoms with Crippen LogP contribution in [0.15, 0.2) is 4.99 Å². The van der Waals surface area contributed by atoms with Crippen molar-refractivity contribution in [2.24, 2.45) is 4.99 Å². The molecule has 0 spiro atoms. The lowest BCUT2D eigenvalue weighted by molar-refractivity contribution is 0.551. The fraction of sp³-hybridized carbons (Fsp3) is 0.875. The minimum atomic E-state index is -2.73. The molecule has 14 heavy (non-hydrogen) atoms. The molecule has 0 aliphatic carbocycles. The minimum absolute atomic E-state index is 0.0868. The molecule has 0 amide bonds. The molecule has 0 saturated carbocycles. The molecule has 6 heteroatoms. The van der Waals surface area contributed by atoms with E-state index in [9.17, 15) is 8.42 Å². The fourth-order valence-electron chi connectivity index (χ4n) is 1.49. The number of hydrogen-bond acceptors (Lipinski definition) is 5. The van der Waals surface area contributed by atoms with Gasteiger partial charge in [-0.25, -0.2) is 8.42 Å². The first-order chi connectivity index (χ1) is 6.46. The first kappa shape index (κ1) is 10.3. The van der Waals surface area contributed by atoms with Gasteiger partial charge in [-0.2, -0.15) is 0 Å². The van der Waals surface area contributed by atoms with Crippen LogP contribution in [-0.4, -0.2) is 42.4 Å². The van der Waals surface area contributed by atoms with Crippen LogP contribution in [0.5, 0.6) is 0 Å². The van der Waals surface area contributed by atoms with Crippen LogP contribution in [0.3, 0.4) is 0 Å². The molecule has 80 valence electrons. The van der Waals surface area contributed by atoms with Crippen LogP contribution < -0.4 is 5.32 Å². The number of sulfone groups is 1. The number of aliphatic imine (C=N–C) groups is 1. The van der Waals surface area contributed by atoms with Crippen molar-refractivity contribution in [1.29, 1.82) is 0 Å². The number of nitrogens with zero attached hydrogens (tertiary/aromatic N) is 1. The van der Waals surface area contributed by atoms with E-state index in [4.69, 9.17) is 0 Å². The Bertz CT molecular complexity index is 352. The predicted octanol–water partition coefficient (Wildman–Crippen LogP) is 0.253. The van der Waals surface area contributed by atoms with E-state index in [1.807, 2.05) is 0 Å². The largest absolute Gasteiger partial charge is 0.360 e. The summed E-state index contributed by atoms with van der Waals surface area (Å²) in [6.45, 7) is 4.20. The van der Waals surface area contributed by atoms with E-state index < -0.39 is 9.84 Å². The van der Waals surface area contributed by atoms with Gasteiger partial charge in [0, 0.05) is 5.25 Å². The van der Waals surface area contributed by atoms with Crippen molar-refractivity contribution in [2.75, 3.05) is 11.5 Å². The zero-order valence-electron chi connectivity index (χ0n) is 8.23. The van der Waals surface area contributed by atoms with Crippen LogP contribution in [0.2, 0.25) is 0 Å². The molecule has 1 saturated heterocycles. The number of nitrogens with one attached hydrogen (secondary N) is 1. The maximum absolute atomic E-state index is 10.9. The van der Waals surface area contributed by atoms with Crippen molar-refractivity contribution in [3.8, 4) is 0 Å². The highest BCUT2D eigenvalue weighted by molar-refractivity contribution is 8.14. The molecular weight excluding hydrogens is 220 g/mol. The zero-order valence-corrected chi connectivity index (χ0v) is 9.86. The summed E-state index contributed by atoms with van der Waals surface area (Å²) in [7, 11) is -2.73. The van der Waals surface area contributed by atoms with Gasteiger partial charge in [-0.05, 0) is 6.92 Å². The van der Waals surface area contributed by atoms with E-state index in [1.54, 1.807) is 11.8 Å². The Hall–Kier alpha value is -0.230. The van der Waals surface area contributed by atoms with Crippen LogP contribution in [0.25, 0.3) is 0 Å². The van der Waals surface area contributed by atoms with Gasteiger partial charge in [-0.1, -0.05) is 18.7 Å². The zero-order chi connectivity index (χ0) is 10.3. The Balaban J connectivity index is 1.86. The summed E-state index contributed by atoms with van der Waals surface area (Å²) >= 11 is 1.70. The van der Waals surface area contributed by atoms with Gasteiger partial charge in [0.15, 0.2) is 15.0 Å². The van der Waals surface area contributed by atoms with Crippen molar-refractivity contribution in [3.63, 3.8) is 0 Å². The Morgan fingerprint density at radius 3 is 2.50 bits per heavy atom. The van der Waals surface area contributed by atoms with E-state index >= 15 is 0 Å². The van der Waals surface area contributed by atoms with Crippen LogP contribution in [0.4, 0.5) is 0 Å². The lowest BCUT2D eigenvalue weighted by Crippen LogP contribution is -2.52. The molecule has 0 bridgehead atoms. The van der Waals surface area contributed by atoms with Gasteiger partial charge in [0.1, 0.15) is 0 Å². The van der Waals surface area contributed by atoms with Gasteiger partial charge >= 0.3 is 0 Å². The predicted molar refractivity (Wildman–Crippen MR) is 59.5 cm³/mol. The normalized spacial score (nSPS) is 36.3. The molecular formula is C8H14N2O2S2. The fourth-order valence-corrected chi connectivity index (χ4v) is 3.86. The van der Waals surface area contributed by atoms with E-state index in [0.29, 0.717) is 11.3 Å². The monoisotopic (exact) mass is 234 g/mol. The maximum Gasteiger partial charge on any atom is 0.157 e. The molecule has 0 aromatic heterocycles. The van der Waals surface area contributed by atoms with Crippen LogP contribution >= 0.6 is 11.8 Å². The molecule has 4 nitrogen and oxygen atoms in total. The molecule has 1 N–H and O–H groups in total. The third-order valence-corrected chi connectivity index (χ3v) is 5.57. The summed E-state index contributed by atoms with van der Waals surface area (Å²) in [5, 5.41) is 4.57. The number of hydrogen-bond donors (Lipinski definition) is 1. The van der Waals surface area contributed by atoms with Crippen LogP contribution in [0, 0.1) is 0 Å². The summed E-state index contributed by atoms with van der Waals surface area (Å²) in [6, 6.07) is 0.419. The van der Waals surface area contributed by atoms with E-state index in [-0.39, 0.29) is 17.5 Å². The molecule has 0 radical (unpaired) electrons. The topological polar surface area (TPSA) is 58.5 Å². The first-order valence-electron chi connectivity index (χ1n) is 4.68. The maximum atomic E-state index is 10.9. The third kappa shape index (κ3) is 2.06. The summed E-state index contributed by atoms with van der Waals surface area (Å²) in [6.07, 6.45) is 0. The molecule has 2 rings (SSSR count). The molecule has 0 aromatic rings. The molecule has 2 unspecified atom stereocenters. The smallest absolute Gasteiger partial charge is 0.157 e. The van der Waals surface area contributed by atoms with Gasteiger partial charge in [0.05, 0.1) is 23.6 Å². The number of thioether (sulfide) groups is 1. The second-order valence-corrected chi connectivity index (χ2v) is 7.44. The van der Waals surface area contributed by atoms with Gasteiger partial charge in [-0.15, -0.1) is 0 Å². The summed E-state index contributed by atoms with van der Waals surface area (Å²) < 4.78 is 21.8. The second-order valence-electron chi connectivity index (χ2n) is 3.92. The lowest BCUT2D eigenvalue weighted by Gasteiger charge is -2.27. The SMILES string of the molecule is CC1N=C(NC2CS(=O)(=O)C2)SC1C.